The molecule has 1 fully saturated rings. The molecule has 0 amide bonds. The van der Waals surface area contributed by atoms with Gasteiger partial charge in [-0.2, -0.15) is 0 Å². The van der Waals surface area contributed by atoms with Gasteiger partial charge < -0.3 is 20.1 Å². The van der Waals surface area contributed by atoms with E-state index < -0.39 is 5.97 Å². The number of ether oxygens (including phenoxy) is 2. The van der Waals surface area contributed by atoms with Crippen LogP contribution in [0.4, 0.5) is 5.69 Å². The van der Waals surface area contributed by atoms with E-state index in [1.165, 1.54) is 20.0 Å². The molecule has 0 saturated carbocycles. The molecule has 2 N–H and O–H groups in total. The minimum atomic E-state index is -0.427. The summed E-state index contributed by atoms with van der Waals surface area (Å²) >= 11 is 0. The van der Waals surface area contributed by atoms with Crippen molar-refractivity contribution >= 4 is 11.7 Å². The molecule has 1 aromatic carbocycles. The standard InChI is InChI=1S/C15H22N2O3/c1-17-9-4-3-6-11(17)10-20-14-12(15(18)19-2)7-5-8-13(14)16/h5,7-8,11H,3-4,6,9-10,16H2,1-2H3. The third-order valence-corrected chi connectivity index (χ3v) is 3.79. The van der Waals surface area contributed by atoms with Crippen molar-refractivity contribution in [2.45, 2.75) is 25.3 Å². The first-order chi connectivity index (χ1) is 9.63. The Labute approximate surface area is 119 Å². The molecule has 2 rings (SSSR count). The van der Waals surface area contributed by atoms with Crippen LogP contribution < -0.4 is 10.5 Å². The van der Waals surface area contributed by atoms with Crippen molar-refractivity contribution in [1.82, 2.24) is 4.90 Å². The number of methoxy groups -OCH3 is 1. The molecular weight excluding hydrogens is 256 g/mol. The second kappa shape index (κ2) is 6.61. The summed E-state index contributed by atoms with van der Waals surface area (Å²) in [7, 11) is 3.45. The van der Waals surface area contributed by atoms with Crippen molar-refractivity contribution in [2.24, 2.45) is 0 Å². The first kappa shape index (κ1) is 14.7. The van der Waals surface area contributed by atoms with Gasteiger partial charge in [0.1, 0.15) is 12.2 Å². The lowest BCUT2D eigenvalue weighted by atomic mass is 10.0. The fraction of sp³-hybridized carbons (Fsp3) is 0.533. The highest BCUT2D eigenvalue weighted by molar-refractivity contribution is 5.94. The van der Waals surface area contributed by atoms with Gasteiger partial charge in [-0.25, -0.2) is 4.79 Å². The van der Waals surface area contributed by atoms with Crippen LogP contribution in [0, 0.1) is 0 Å². The summed E-state index contributed by atoms with van der Waals surface area (Å²) in [6.45, 7) is 1.62. The Bertz CT molecular complexity index is 476. The number of rotatable bonds is 4. The molecule has 1 heterocycles. The number of likely N-dealkylation sites (tertiary alicyclic amines) is 1. The number of esters is 1. The normalized spacial score (nSPS) is 19.6. The number of piperidine rings is 1. The molecular formula is C15H22N2O3. The van der Waals surface area contributed by atoms with Gasteiger partial charge in [-0.3, -0.25) is 0 Å². The van der Waals surface area contributed by atoms with Crippen molar-refractivity contribution in [2.75, 3.05) is 33.0 Å². The second-order valence-electron chi connectivity index (χ2n) is 5.16. The Morgan fingerprint density at radius 3 is 2.95 bits per heavy atom. The molecule has 5 heteroatoms. The third kappa shape index (κ3) is 3.22. The molecule has 0 bridgehead atoms. The zero-order valence-corrected chi connectivity index (χ0v) is 12.1. The van der Waals surface area contributed by atoms with Gasteiger partial charge >= 0.3 is 5.97 Å². The smallest absolute Gasteiger partial charge is 0.341 e. The highest BCUT2D eigenvalue weighted by Crippen LogP contribution is 2.28. The lowest BCUT2D eigenvalue weighted by Crippen LogP contribution is -2.40. The third-order valence-electron chi connectivity index (χ3n) is 3.79. The lowest BCUT2D eigenvalue weighted by molar-refractivity contribution is 0.0592. The molecule has 0 spiro atoms. The first-order valence-electron chi connectivity index (χ1n) is 6.93. The molecule has 20 heavy (non-hydrogen) atoms. The largest absolute Gasteiger partial charge is 0.489 e. The summed E-state index contributed by atoms with van der Waals surface area (Å²) in [5.74, 6) is 0.00243. The quantitative estimate of drug-likeness (QED) is 0.673. The second-order valence-corrected chi connectivity index (χ2v) is 5.16. The van der Waals surface area contributed by atoms with Crippen LogP contribution in [0.5, 0.6) is 5.75 Å². The average Bonchev–Trinajstić information content (AvgIpc) is 2.46. The van der Waals surface area contributed by atoms with Crippen LogP contribution in [0.2, 0.25) is 0 Å². The molecule has 1 aromatic rings. The van der Waals surface area contributed by atoms with Crippen molar-refractivity contribution in [3.63, 3.8) is 0 Å². The zero-order valence-electron chi connectivity index (χ0n) is 12.1. The number of carbonyl (C=O) groups excluding carboxylic acids is 1. The Kier molecular flexibility index (Phi) is 4.84. The van der Waals surface area contributed by atoms with E-state index in [0.717, 1.165) is 13.0 Å². The van der Waals surface area contributed by atoms with Crippen LogP contribution in [0.3, 0.4) is 0 Å². The van der Waals surface area contributed by atoms with Crippen LogP contribution in [0.15, 0.2) is 18.2 Å². The number of carbonyl (C=O) groups is 1. The van der Waals surface area contributed by atoms with Crippen molar-refractivity contribution in [1.29, 1.82) is 0 Å². The minimum absolute atomic E-state index is 0.369. The minimum Gasteiger partial charge on any atom is -0.489 e. The molecule has 1 aliphatic rings. The van der Waals surface area contributed by atoms with Crippen molar-refractivity contribution < 1.29 is 14.3 Å². The summed E-state index contributed by atoms with van der Waals surface area (Å²) in [5.41, 5.74) is 6.76. The van der Waals surface area contributed by atoms with Crippen LogP contribution in [-0.4, -0.2) is 44.2 Å². The highest BCUT2D eigenvalue weighted by atomic mass is 16.5. The Morgan fingerprint density at radius 1 is 1.45 bits per heavy atom. The van der Waals surface area contributed by atoms with Crippen LogP contribution in [-0.2, 0) is 4.74 Å². The maximum atomic E-state index is 11.7. The molecule has 5 nitrogen and oxygen atoms in total. The molecule has 110 valence electrons. The fourth-order valence-corrected chi connectivity index (χ4v) is 2.52. The fourth-order valence-electron chi connectivity index (χ4n) is 2.52. The topological polar surface area (TPSA) is 64.8 Å². The Balaban J connectivity index is 2.10. The Morgan fingerprint density at radius 2 is 2.25 bits per heavy atom. The summed E-state index contributed by atoms with van der Waals surface area (Å²) in [5, 5.41) is 0. The molecule has 1 atom stereocenters. The number of likely N-dealkylation sites (N-methyl/N-ethyl adjacent to an activating group) is 1. The number of benzene rings is 1. The number of hydrogen-bond donors (Lipinski definition) is 1. The summed E-state index contributed by atoms with van der Waals surface area (Å²) < 4.78 is 10.6. The number of nitrogen functional groups attached to an aromatic ring is 1. The average molecular weight is 278 g/mol. The van der Waals surface area contributed by atoms with Gasteiger partial charge in [0, 0.05) is 6.04 Å². The number of nitrogens with zero attached hydrogens (tertiary/aromatic N) is 1. The maximum Gasteiger partial charge on any atom is 0.341 e. The van der Waals surface area contributed by atoms with Crippen LogP contribution >= 0.6 is 0 Å². The predicted octanol–water partition coefficient (Wildman–Crippen LogP) is 1.92. The maximum absolute atomic E-state index is 11.7. The van der Waals surface area contributed by atoms with Gasteiger partial charge in [0.15, 0.2) is 5.75 Å². The summed E-state index contributed by atoms with van der Waals surface area (Å²) in [4.78, 5) is 14.0. The van der Waals surface area contributed by atoms with E-state index in [1.54, 1.807) is 18.2 Å². The van der Waals surface area contributed by atoms with E-state index in [2.05, 4.69) is 11.9 Å². The van der Waals surface area contributed by atoms with Gasteiger partial charge in [0.25, 0.3) is 0 Å². The van der Waals surface area contributed by atoms with E-state index in [9.17, 15) is 4.79 Å². The summed E-state index contributed by atoms with van der Waals surface area (Å²) in [6.07, 6.45) is 3.55. The molecule has 1 aliphatic heterocycles. The number of para-hydroxylation sites is 1. The Hall–Kier alpha value is -1.75. The lowest BCUT2D eigenvalue weighted by Gasteiger charge is -2.32. The van der Waals surface area contributed by atoms with E-state index in [0.29, 0.717) is 29.6 Å². The van der Waals surface area contributed by atoms with Crippen LogP contribution in [0.1, 0.15) is 29.6 Å². The van der Waals surface area contributed by atoms with E-state index in [1.807, 2.05) is 0 Å². The SMILES string of the molecule is COC(=O)c1cccc(N)c1OCC1CCCCN1C. The molecule has 1 unspecified atom stereocenters. The van der Waals surface area contributed by atoms with Crippen LogP contribution in [0.25, 0.3) is 0 Å². The van der Waals surface area contributed by atoms with Gasteiger partial charge in [0.2, 0.25) is 0 Å². The van der Waals surface area contributed by atoms with Gasteiger partial charge in [-0.1, -0.05) is 12.5 Å². The molecule has 0 aliphatic carbocycles. The number of nitrogens with two attached hydrogens (primary N) is 1. The van der Waals surface area contributed by atoms with Gasteiger partial charge in [-0.05, 0) is 38.6 Å². The highest BCUT2D eigenvalue weighted by Gasteiger charge is 2.21. The molecule has 1 saturated heterocycles. The number of anilines is 1. The predicted molar refractivity (Wildman–Crippen MR) is 78.0 cm³/mol. The van der Waals surface area contributed by atoms with Gasteiger partial charge in [-0.15, -0.1) is 0 Å². The van der Waals surface area contributed by atoms with E-state index in [-0.39, 0.29) is 0 Å². The van der Waals surface area contributed by atoms with E-state index >= 15 is 0 Å². The first-order valence-corrected chi connectivity index (χ1v) is 6.93. The molecule has 0 aromatic heterocycles. The summed E-state index contributed by atoms with van der Waals surface area (Å²) in [6, 6.07) is 5.49. The monoisotopic (exact) mass is 278 g/mol. The zero-order chi connectivity index (χ0) is 14.5. The number of hydrogen-bond acceptors (Lipinski definition) is 5. The molecule has 0 radical (unpaired) electrons. The van der Waals surface area contributed by atoms with Crippen molar-refractivity contribution in [3.05, 3.63) is 23.8 Å². The van der Waals surface area contributed by atoms with E-state index in [4.69, 9.17) is 15.2 Å². The van der Waals surface area contributed by atoms with Gasteiger partial charge in [0.05, 0.1) is 12.8 Å². The van der Waals surface area contributed by atoms with Crippen molar-refractivity contribution in [3.8, 4) is 5.75 Å².